The predicted molar refractivity (Wildman–Crippen MR) is 72.4 cm³/mol. The maximum atomic E-state index is 12.1. The molecule has 1 aromatic carbocycles. The van der Waals surface area contributed by atoms with E-state index in [0.29, 0.717) is 11.4 Å². The average molecular weight is 265 g/mol. The van der Waals surface area contributed by atoms with Crippen LogP contribution in [-0.2, 0) is 9.59 Å². The van der Waals surface area contributed by atoms with Crippen LogP contribution < -0.4 is 9.64 Å². The van der Waals surface area contributed by atoms with E-state index in [1.54, 1.807) is 45.2 Å². The van der Waals surface area contributed by atoms with Gasteiger partial charge in [-0.25, -0.2) is 0 Å². The summed E-state index contributed by atoms with van der Waals surface area (Å²) >= 11 is 0. The van der Waals surface area contributed by atoms with E-state index in [1.165, 1.54) is 4.90 Å². The summed E-state index contributed by atoms with van der Waals surface area (Å²) < 4.78 is 5.12. The first-order valence-corrected chi connectivity index (χ1v) is 6.13. The Balaban J connectivity index is 3.00. The molecule has 104 valence electrons. The number of ether oxygens (including phenoxy) is 1. The van der Waals surface area contributed by atoms with E-state index < -0.39 is 5.97 Å². The van der Waals surface area contributed by atoms with Crippen LogP contribution in [-0.4, -0.2) is 30.6 Å². The highest BCUT2D eigenvalue weighted by Gasteiger charge is 2.20. The molecule has 0 saturated carbocycles. The fourth-order valence-corrected chi connectivity index (χ4v) is 1.66. The molecule has 5 nitrogen and oxygen atoms in total. The standard InChI is InChI=1S/C14H19NO4/c1-10(2)14(18)15(8-7-13(16)17)11-5-4-6-12(9-11)19-3/h4-6,9-10H,7-8H2,1-3H3,(H,16,17). The number of carbonyl (C=O) groups is 2. The van der Waals surface area contributed by atoms with Crippen molar-refractivity contribution in [1.29, 1.82) is 0 Å². The molecule has 0 spiro atoms. The van der Waals surface area contributed by atoms with Crippen LogP contribution in [0.3, 0.4) is 0 Å². The molecule has 0 saturated heterocycles. The summed E-state index contributed by atoms with van der Waals surface area (Å²) in [6.45, 7) is 3.73. The van der Waals surface area contributed by atoms with Crippen molar-refractivity contribution in [2.75, 3.05) is 18.6 Å². The third-order valence-corrected chi connectivity index (χ3v) is 2.67. The first-order chi connectivity index (χ1) is 8.95. The Bertz CT molecular complexity index is 457. The maximum absolute atomic E-state index is 12.1. The Hall–Kier alpha value is -2.04. The minimum atomic E-state index is -0.926. The van der Waals surface area contributed by atoms with Crippen LogP contribution in [0, 0.1) is 5.92 Å². The molecule has 0 atom stereocenters. The molecule has 0 aliphatic carbocycles. The first kappa shape index (κ1) is 15.0. The van der Waals surface area contributed by atoms with Crippen molar-refractivity contribution in [2.24, 2.45) is 5.92 Å². The van der Waals surface area contributed by atoms with Gasteiger partial charge in [-0.15, -0.1) is 0 Å². The molecule has 0 bridgehead atoms. The molecule has 0 radical (unpaired) electrons. The van der Waals surface area contributed by atoms with Gasteiger partial charge in [0, 0.05) is 24.2 Å². The van der Waals surface area contributed by atoms with Gasteiger partial charge in [0.05, 0.1) is 13.5 Å². The molecule has 1 amide bonds. The average Bonchev–Trinajstić information content (AvgIpc) is 2.38. The highest BCUT2D eigenvalue weighted by atomic mass is 16.5. The zero-order valence-corrected chi connectivity index (χ0v) is 11.4. The number of hydrogen-bond acceptors (Lipinski definition) is 3. The Morgan fingerprint density at radius 1 is 1.37 bits per heavy atom. The van der Waals surface area contributed by atoms with Crippen molar-refractivity contribution < 1.29 is 19.4 Å². The van der Waals surface area contributed by atoms with Crippen molar-refractivity contribution in [3.8, 4) is 5.75 Å². The topological polar surface area (TPSA) is 66.8 Å². The monoisotopic (exact) mass is 265 g/mol. The van der Waals surface area contributed by atoms with Crippen LogP contribution in [0.5, 0.6) is 5.75 Å². The Morgan fingerprint density at radius 2 is 2.05 bits per heavy atom. The summed E-state index contributed by atoms with van der Waals surface area (Å²) in [6, 6.07) is 7.04. The molecule has 0 unspecified atom stereocenters. The molecule has 1 rings (SSSR count). The molecule has 0 aliphatic heterocycles. The maximum Gasteiger partial charge on any atom is 0.305 e. The van der Waals surface area contributed by atoms with Crippen molar-refractivity contribution in [2.45, 2.75) is 20.3 Å². The van der Waals surface area contributed by atoms with Gasteiger partial charge >= 0.3 is 5.97 Å². The number of carboxylic acid groups (broad SMARTS) is 1. The number of benzene rings is 1. The number of nitrogens with zero attached hydrogens (tertiary/aromatic N) is 1. The van der Waals surface area contributed by atoms with Crippen LogP contribution in [0.1, 0.15) is 20.3 Å². The lowest BCUT2D eigenvalue weighted by Crippen LogP contribution is -2.36. The van der Waals surface area contributed by atoms with E-state index >= 15 is 0 Å². The van der Waals surface area contributed by atoms with Crippen LogP contribution in [0.4, 0.5) is 5.69 Å². The number of methoxy groups -OCH3 is 1. The van der Waals surface area contributed by atoms with Crippen molar-refractivity contribution in [1.82, 2.24) is 0 Å². The highest BCUT2D eigenvalue weighted by Crippen LogP contribution is 2.22. The van der Waals surface area contributed by atoms with Gasteiger partial charge in [0.2, 0.25) is 5.91 Å². The van der Waals surface area contributed by atoms with E-state index in [-0.39, 0.29) is 24.8 Å². The number of amides is 1. The second-order valence-corrected chi connectivity index (χ2v) is 4.49. The lowest BCUT2D eigenvalue weighted by Gasteiger charge is -2.24. The number of aliphatic carboxylic acids is 1. The van der Waals surface area contributed by atoms with Gasteiger partial charge in [-0.2, -0.15) is 0 Å². The summed E-state index contributed by atoms with van der Waals surface area (Å²) in [5.41, 5.74) is 0.652. The molecule has 1 N–H and O–H groups in total. The number of anilines is 1. The lowest BCUT2D eigenvalue weighted by molar-refractivity contribution is -0.136. The zero-order chi connectivity index (χ0) is 14.4. The minimum absolute atomic E-state index is 0.0876. The minimum Gasteiger partial charge on any atom is -0.497 e. The first-order valence-electron chi connectivity index (χ1n) is 6.13. The molecule has 5 heteroatoms. The fourth-order valence-electron chi connectivity index (χ4n) is 1.66. The predicted octanol–water partition coefficient (Wildman–Crippen LogP) is 2.16. The van der Waals surface area contributed by atoms with Gasteiger partial charge in [0.15, 0.2) is 0 Å². The fraction of sp³-hybridized carbons (Fsp3) is 0.429. The van der Waals surface area contributed by atoms with Crippen LogP contribution >= 0.6 is 0 Å². The molecular weight excluding hydrogens is 246 g/mol. The Kier molecular flexibility index (Phi) is 5.36. The smallest absolute Gasteiger partial charge is 0.305 e. The Morgan fingerprint density at radius 3 is 2.58 bits per heavy atom. The molecular formula is C14H19NO4. The summed E-state index contributed by atoms with van der Waals surface area (Å²) in [5.74, 6) is -0.590. The summed E-state index contributed by atoms with van der Waals surface area (Å²) in [4.78, 5) is 24.3. The van der Waals surface area contributed by atoms with Gasteiger partial charge in [-0.05, 0) is 12.1 Å². The highest BCUT2D eigenvalue weighted by molar-refractivity contribution is 5.95. The van der Waals surface area contributed by atoms with Gasteiger partial charge in [0.1, 0.15) is 5.75 Å². The molecule has 0 fully saturated rings. The summed E-state index contributed by atoms with van der Waals surface area (Å²) in [6.07, 6.45) is -0.0876. The molecule has 19 heavy (non-hydrogen) atoms. The molecule has 0 heterocycles. The van der Waals surface area contributed by atoms with Gasteiger partial charge in [-0.3, -0.25) is 9.59 Å². The third kappa shape index (κ3) is 4.28. The third-order valence-electron chi connectivity index (χ3n) is 2.67. The largest absolute Gasteiger partial charge is 0.497 e. The van der Waals surface area contributed by atoms with Crippen molar-refractivity contribution in [3.05, 3.63) is 24.3 Å². The van der Waals surface area contributed by atoms with Crippen LogP contribution in [0.15, 0.2) is 24.3 Å². The summed E-state index contributed by atoms with van der Waals surface area (Å²) in [7, 11) is 1.55. The Labute approximate surface area is 112 Å². The van der Waals surface area contributed by atoms with E-state index in [4.69, 9.17) is 9.84 Å². The van der Waals surface area contributed by atoms with E-state index in [2.05, 4.69) is 0 Å². The second-order valence-electron chi connectivity index (χ2n) is 4.49. The lowest BCUT2D eigenvalue weighted by atomic mass is 10.1. The van der Waals surface area contributed by atoms with Crippen molar-refractivity contribution in [3.63, 3.8) is 0 Å². The van der Waals surface area contributed by atoms with E-state index in [0.717, 1.165) is 0 Å². The number of carboxylic acids is 1. The van der Waals surface area contributed by atoms with E-state index in [1.807, 2.05) is 0 Å². The molecule has 0 aromatic heterocycles. The normalized spacial score (nSPS) is 10.3. The summed E-state index contributed by atoms with van der Waals surface area (Å²) in [5, 5.41) is 8.77. The zero-order valence-electron chi connectivity index (χ0n) is 11.4. The van der Waals surface area contributed by atoms with Crippen molar-refractivity contribution >= 4 is 17.6 Å². The number of hydrogen-bond donors (Lipinski definition) is 1. The van der Waals surface area contributed by atoms with Crippen LogP contribution in [0.25, 0.3) is 0 Å². The number of rotatable bonds is 6. The van der Waals surface area contributed by atoms with Gasteiger partial charge < -0.3 is 14.7 Å². The molecule has 1 aromatic rings. The number of carbonyl (C=O) groups excluding carboxylic acids is 1. The van der Waals surface area contributed by atoms with Gasteiger partial charge in [-0.1, -0.05) is 19.9 Å². The molecule has 0 aliphatic rings. The quantitative estimate of drug-likeness (QED) is 0.856. The van der Waals surface area contributed by atoms with Gasteiger partial charge in [0.25, 0.3) is 0 Å². The van der Waals surface area contributed by atoms with Crippen LogP contribution in [0.2, 0.25) is 0 Å². The van der Waals surface area contributed by atoms with E-state index in [9.17, 15) is 9.59 Å². The second kappa shape index (κ2) is 6.78. The SMILES string of the molecule is COc1cccc(N(CCC(=O)O)C(=O)C(C)C)c1.